The van der Waals surface area contributed by atoms with E-state index in [0.717, 1.165) is 13.2 Å². The molecule has 18 heavy (non-hydrogen) atoms. The van der Waals surface area contributed by atoms with Gasteiger partial charge in [-0.25, -0.2) is 4.98 Å². The van der Waals surface area contributed by atoms with Crippen molar-refractivity contribution in [3.63, 3.8) is 0 Å². The van der Waals surface area contributed by atoms with Crippen LogP contribution in [0.3, 0.4) is 0 Å². The molecule has 1 aromatic rings. The summed E-state index contributed by atoms with van der Waals surface area (Å²) in [6.07, 6.45) is 6.73. The largest absolute Gasteiger partial charge is 0.378 e. The molecule has 0 radical (unpaired) electrons. The van der Waals surface area contributed by atoms with Gasteiger partial charge in [-0.3, -0.25) is 4.90 Å². The van der Waals surface area contributed by atoms with Crippen molar-refractivity contribution < 1.29 is 4.74 Å². The molecule has 2 aliphatic heterocycles. The number of imidazole rings is 1. The summed E-state index contributed by atoms with van der Waals surface area (Å²) in [7, 11) is 0. The Bertz CT molecular complexity index is 389. The van der Waals surface area contributed by atoms with Gasteiger partial charge in [0.1, 0.15) is 0 Å². The monoisotopic (exact) mass is 249 g/mol. The number of aromatic nitrogens is 2. The van der Waals surface area contributed by atoms with Crippen molar-refractivity contribution >= 4 is 0 Å². The van der Waals surface area contributed by atoms with E-state index in [0.29, 0.717) is 18.0 Å². The average molecular weight is 249 g/mol. The maximum Gasteiger partial charge on any atom is 0.0952 e. The number of ether oxygens (including phenoxy) is 1. The maximum absolute atomic E-state index is 5.27. The van der Waals surface area contributed by atoms with Crippen LogP contribution in [0.5, 0.6) is 0 Å². The Morgan fingerprint density at radius 2 is 1.94 bits per heavy atom. The smallest absolute Gasteiger partial charge is 0.0952 e. The van der Waals surface area contributed by atoms with Gasteiger partial charge in [0.25, 0.3) is 0 Å². The molecule has 1 aromatic heterocycles. The summed E-state index contributed by atoms with van der Waals surface area (Å²) in [5, 5.41) is 0. The van der Waals surface area contributed by atoms with Crippen molar-refractivity contribution in [3.05, 3.63) is 18.2 Å². The molecule has 2 aliphatic rings. The Kier molecular flexibility index (Phi) is 3.39. The van der Waals surface area contributed by atoms with Crippen LogP contribution >= 0.6 is 0 Å². The van der Waals surface area contributed by atoms with Crippen molar-refractivity contribution in [2.24, 2.45) is 0 Å². The fourth-order valence-electron chi connectivity index (χ4n) is 2.83. The van der Waals surface area contributed by atoms with Gasteiger partial charge in [0.05, 0.1) is 31.3 Å². The van der Waals surface area contributed by atoms with Gasteiger partial charge < -0.3 is 9.30 Å². The van der Waals surface area contributed by atoms with E-state index in [9.17, 15) is 0 Å². The quantitative estimate of drug-likeness (QED) is 0.821. The van der Waals surface area contributed by atoms with Gasteiger partial charge in [0, 0.05) is 25.3 Å². The number of likely N-dealkylation sites (tertiary alicyclic amines) is 1. The Morgan fingerprint density at radius 3 is 2.44 bits per heavy atom. The molecule has 0 aromatic carbocycles. The molecule has 0 spiro atoms. The molecule has 3 rings (SSSR count). The third-order valence-electron chi connectivity index (χ3n) is 4.27. The first-order valence-corrected chi connectivity index (χ1v) is 7.09. The summed E-state index contributed by atoms with van der Waals surface area (Å²) in [5.41, 5.74) is 1.21. The number of hydrogen-bond donors (Lipinski definition) is 0. The zero-order valence-electron chi connectivity index (χ0n) is 11.4. The molecule has 0 unspecified atom stereocenters. The highest BCUT2D eigenvalue weighted by molar-refractivity contribution is 5.03. The second kappa shape index (κ2) is 5.02. The van der Waals surface area contributed by atoms with Crippen LogP contribution in [0, 0.1) is 0 Å². The second-order valence-electron chi connectivity index (χ2n) is 5.86. The predicted octanol–water partition coefficient (Wildman–Crippen LogP) is 2.04. The van der Waals surface area contributed by atoms with Gasteiger partial charge in [0.2, 0.25) is 0 Å². The first kappa shape index (κ1) is 12.2. The molecule has 4 nitrogen and oxygen atoms in total. The van der Waals surface area contributed by atoms with Gasteiger partial charge in [-0.1, -0.05) is 13.8 Å². The molecule has 0 saturated carbocycles. The zero-order valence-corrected chi connectivity index (χ0v) is 11.4. The lowest BCUT2D eigenvalue weighted by Crippen LogP contribution is -2.51. The number of rotatable bonds is 3. The highest BCUT2D eigenvalue weighted by Gasteiger charge is 2.30. The van der Waals surface area contributed by atoms with Crippen molar-refractivity contribution in [1.82, 2.24) is 14.5 Å². The van der Waals surface area contributed by atoms with E-state index in [-0.39, 0.29) is 0 Å². The number of piperidine rings is 1. The van der Waals surface area contributed by atoms with Crippen LogP contribution in [0.1, 0.15) is 44.3 Å². The second-order valence-corrected chi connectivity index (χ2v) is 5.86. The molecule has 2 fully saturated rings. The predicted molar refractivity (Wildman–Crippen MR) is 70.8 cm³/mol. The zero-order chi connectivity index (χ0) is 12.5. The molecular weight excluding hydrogens is 226 g/mol. The van der Waals surface area contributed by atoms with Gasteiger partial charge in [-0.15, -0.1) is 0 Å². The van der Waals surface area contributed by atoms with Crippen LogP contribution in [0.25, 0.3) is 0 Å². The molecular formula is C14H23N3O. The molecule has 0 bridgehead atoms. The van der Waals surface area contributed by atoms with Gasteiger partial charge in [-0.05, 0) is 18.8 Å². The van der Waals surface area contributed by atoms with E-state index < -0.39 is 0 Å². The van der Waals surface area contributed by atoms with Gasteiger partial charge in [-0.2, -0.15) is 0 Å². The summed E-state index contributed by atoms with van der Waals surface area (Å²) >= 11 is 0. The standard InChI is InChI=1S/C14H23N3O/c1-11(2)14-7-17(10-15-14)12-3-5-16(6-4-12)13-8-18-9-13/h7,10-13H,3-6,8-9H2,1-2H3. The number of hydrogen-bond acceptors (Lipinski definition) is 3. The van der Waals surface area contributed by atoms with Crippen LogP contribution < -0.4 is 0 Å². The van der Waals surface area contributed by atoms with Crippen molar-refractivity contribution in [1.29, 1.82) is 0 Å². The minimum Gasteiger partial charge on any atom is -0.378 e. The molecule has 0 atom stereocenters. The minimum absolute atomic E-state index is 0.526. The van der Waals surface area contributed by atoms with Crippen molar-refractivity contribution in [3.8, 4) is 0 Å². The summed E-state index contributed by atoms with van der Waals surface area (Å²) in [5.74, 6) is 0.526. The highest BCUT2D eigenvalue weighted by atomic mass is 16.5. The van der Waals surface area contributed by atoms with E-state index in [1.54, 1.807) is 0 Å². The molecule has 2 saturated heterocycles. The Morgan fingerprint density at radius 1 is 1.22 bits per heavy atom. The molecule has 0 amide bonds. The van der Waals surface area contributed by atoms with E-state index in [4.69, 9.17) is 4.74 Å². The van der Waals surface area contributed by atoms with E-state index >= 15 is 0 Å². The average Bonchev–Trinajstić information content (AvgIpc) is 2.77. The van der Waals surface area contributed by atoms with Crippen molar-refractivity contribution in [2.45, 2.75) is 44.7 Å². The summed E-state index contributed by atoms with van der Waals surface area (Å²) in [4.78, 5) is 7.09. The van der Waals surface area contributed by atoms with Gasteiger partial charge >= 0.3 is 0 Å². The van der Waals surface area contributed by atoms with Crippen LogP contribution in [0.4, 0.5) is 0 Å². The lowest BCUT2D eigenvalue weighted by atomic mass is 10.0. The van der Waals surface area contributed by atoms with Crippen LogP contribution in [-0.2, 0) is 4.74 Å². The van der Waals surface area contributed by atoms with Crippen molar-refractivity contribution in [2.75, 3.05) is 26.3 Å². The van der Waals surface area contributed by atoms with Crippen LogP contribution in [0.2, 0.25) is 0 Å². The van der Waals surface area contributed by atoms with E-state index in [1.165, 1.54) is 31.6 Å². The lowest BCUT2D eigenvalue weighted by molar-refractivity contribution is -0.0731. The molecule has 0 N–H and O–H groups in total. The van der Waals surface area contributed by atoms with E-state index in [1.807, 2.05) is 6.33 Å². The summed E-state index contributed by atoms with van der Waals surface area (Å²) in [6, 6.07) is 1.34. The molecule has 100 valence electrons. The van der Waals surface area contributed by atoms with Crippen LogP contribution in [-0.4, -0.2) is 46.8 Å². The summed E-state index contributed by atoms with van der Waals surface area (Å²) < 4.78 is 7.60. The Labute approximate surface area is 109 Å². The Balaban J connectivity index is 1.57. The first-order chi connectivity index (χ1) is 8.74. The third-order valence-corrected chi connectivity index (χ3v) is 4.27. The number of nitrogens with zero attached hydrogens (tertiary/aromatic N) is 3. The first-order valence-electron chi connectivity index (χ1n) is 7.09. The van der Waals surface area contributed by atoms with Crippen LogP contribution in [0.15, 0.2) is 12.5 Å². The molecule has 0 aliphatic carbocycles. The Hall–Kier alpha value is -0.870. The molecule has 3 heterocycles. The third kappa shape index (κ3) is 2.31. The summed E-state index contributed by atoms with van der Waals surface area (Å²) in [6.45, 7) is 8.68. The van der Waals surface area contributed by atoms with Gasteiger partial charge in [0.15, 0.2) is 0 Å². The fourth-order valence-corrected chi connectivity index (χ4v) is 2.83. The normalized spacial score (nSPS) is 23.5. The minimum atomic E-state index is 0.526. The lowest BCUT2D eigenvalue weighted by Gasteiger charge is -2.41. The fraction of sp³-hybridized carbons (Fsp3) is 0.786. The topological polar surface area (TPSA) is 30.3 Å². The van der Waals surface area contributed by atoms with E-state index in [2.05, 4.69) is 34.5 Å². The molecule has 4 heteroatoms. The highest BCUT2D eigenvalue weighted by Crippen LogP contribution is 2.26. The maximum atomic E-state index is 5.27. The SMILES string of the molecule is CC(C)c1cn(C2CCN(C3COC3)CC2)cn1.